The predicted molar refractivity (Wildman–Crippen MR) is 122 cm³/mol. The van der Waals surface area contributed by atoms with Crippen molar-refractivity contribution in [2.24, 2.45) is 5.10 Å². The zero-order chi connectivity index (χ0) is 22.7. The number of nitrogens with zero attached hydrogens (tertiary/aromatic N) is 2. The molecule has 160 valence electrons. The Morgan fingerprint density at radius 1 is 1.16 bits per heavy atom. The number of benzene rings is 2. The summed E-state index contributed by atoms with van der Waals surface area (Å²) in [6, 6.07) is 18.0. The summed E-state index contributed by atoms with van der Waals surface area (Å²) in [5, 5.41) is 15.1. The Kier molecular flexibility index (Phi) is 5.67. The van der Waals surface area contributed by atoms with Crippen molar-refractivity contribution in [1.29, 1.82) is 0 Å². The summed E-state index contributed by atoms with van der Waals surface area (Å²) in [5.74, 6) is -0.397. The van der Waals surface area contributed by atoms with Crippen LogP contribution in [-0.4, -0.2) is 34.3 Å². The summed E-state index contributed by atoms with van der Waals surface area (Å²) >= 11 is 0. The molecule has 0 atom stereocenters. The second-order valence-electron chi connectivity index (χ2n) is 7.03. The average molecular weight is 428 g/mol. The van der Waals surface area contributed by atoms with Crippen molar-refractivity contribution in [2.45, 2.75) is 6.92 Å². The number of aromatic nitrogens is 2. The number of fused-ring (bicyclic) bond motifs is 1. The molecule has 2 heterocycles. The van der Waals surface area contributed by atoms with Gasteiger partial charge in [-0.15, -0.1) is 0 Å². The smallest absolute Gasteiger partial charge is 0.291 e. The fourth-order valence-electron chi connectivity index (χ4n) is 3.35. The fraction of sp³-hybridized carbons (Fsp3) is 0.0833. The number of aryl methyl sites for hydroxylation is 1. The van der Waals surface area contributed by atoms with Crippen LogP contribution in [0.15, 0.2) is 70.6 Å². The molecule has 1 amide bonds. The summed E-state index contributed by atoms with van der Waals surface area (Å²) in [7, 11) is 1.57. The Bertz CT molecular complexity index is 1380. The second-order valence-corrected chi connectivity index (χ2v) is 7.03. The van der Waals surface area contributed by atoms with Gasteiger partial charge >= 0.3 is 0 Å². The number of amides is 1. The van der Waals surface area contributed by atoms with Crippen molar-refractivity contribution in [3.63, 3.8) is 0 Å². The molecule has 4 rings (SSSR count). The Hall–Kier alpha value is -4.46. The molecule has 8 heteroatoms. The molecule has 0 aliphatic heterocycles. The number of hydrogen-bond donors (Lipinski definition) is 3. The lowest BCUT2D eigenvalue weighted by Gasteiger charge is -2.10. The molecule has 0 saturated carbocycles. The number of methoxy groups -OCH3 is 1. The maximum absolute atomic E-state index is 12.6. The first-order valence-corrected chi connectivity index (χ1v) is 9.77. The number of aromatic amines is 1. The van der Waals surface area contributed by atoms with Gasteiger partial charge in [0.2, 0.25) is 0 Å². The lowest BCUT2D eigenvalue weighted by atomic mass is 10.0. The number of rotatable bonds is 5. The van der Waals surface area contributed by atoms with Crippen LogP contribution < -0.4 is 15.7 Å². The highest BCUT2D eigenvalue weighted by Gasteiger charge is 2.19. The first kappa shape index (κ1) is 20.8. The van der Waals surface area contributed by atoms with E-state index in [9.17, 15) is 14.7 Å². The molecule has 2 aromatic carbocycles. The molecular formula is C24H20N4O4. The van der Waals surface area contributed by atoms with E-state index in [0.717, 1.165) is 11.1 Å². The van der Waals surface area contributed by atoms with Crippen molar-refractivity contribution < 1.29 is 14.6 Å². The molecule has 2 aromatic heterocycles. The van der Waals surface area contributed by atoms with Crippen LogP contribution in [0.2, 0.25) is 0 Å². The van der Waals surface area contributed by atoms with Crippen molar-refractivity contribution in [3.05, 3.63) is 88.0 Å². The van der Waals surface area contributed by atoms with Gasteiger partial charge in [0.25, 0.3) is 11.5 Å². The third kappa shape index (κ3) is 4.06. The Labute approximate surface area is 183 Å². The third-order valence-corrected chi connectivity index (χ3v) is 4.95. The number of hydrogen-bond acceptors (Lipinski definition) is 6. The van der Waals surface area contributed by atoms with Crippen molar-refractivity contribution in [3.8, 4) is 22.8 Å². The molecule has 32 heavy (non-hydrogen) atoms. The van der Waals surface area contributed by atoms with E-state index in [1.165, 1.54) is 6.21 Å². The van der Waals surface area contributed by atoms with Gasteiger partial charge in [-0.3, -0.25) is 14.6 Å². The molecule has 0 radical (unpaired) electrons. The van der Waals surface area contributed by atoms with Gasteiger partial charge in [-0.1, -0.05) is 30.3 Å². The van der Waals surface area contributed by atoms with Gasteiger partial charge in [0.05, 0.1) is 30.1 Å². The molecule has 0 unspecified atom stereocenters. The number of ether oxygens (including phenoxy) is 1. The second kappa shape index (κ2) is 8.73. The Morgan fingerprint density at radius 3 is 2.56 bits per heavy atom. The number of carbonyl (C=O) groups excluding carboxylic acids is 1. The van der Waals surface area contributed by atoms with E-state index in [1.54, 1.807) is 44.4 Å². The summed E-state index contributed by atoms with van der Waals surface area (Å²) < 4.78 is 5.09. The first-order valence-electron chi connectivity index (χ1n) is 9.77. The molecule has 3 N–H and O–H groups in total. The van der Waals surface area contributed by atoms with Crippen LogP contribution in [0.1, 0.15) is 21.7 Å². The zero-order valence-electron chi connectivity index (χ0n) is 17.4. The minimum atomic E-state index is -0.748. The van der Waals surface area contributed by atoms with Crippen LogP contribution in [0, 0.1) is 6.92 Å². The summed E-state index contributed by atoms with van der Waals surface area (Å²) in [5.41, 5.74) is 4.11. The number of hydrazone groups is 1. The van der Waals surface area contributed by atoms with E-state index in [1.807, 2.05) is 30.3 Å². The van der Waals surface area contributed by atoms with Crippen molar-refractivity contribution in [2.75, 3.05) is 7.11 Å². The van der Waals surface area contributed by atoms with Crippen molar-refractivity contribution >= 4 is 22.9 Å². The highest BCUT2D eigenvalue weighted by Crippen LogP contribution is 2.30. The van der Waals surface area contributed by atoms with Crippen molar-refractivity contribution in [1.82, 2.24) is 15.4 Å². The third-order valence-electron chi connectivity index (χ3n) is 4.95. The minimum absolute atomic E-state index is 0.223. The summed E-state index contributed by atoms with van der Waals surface area (Å²) in [4.78, 5) is 32.2. The Balaban J connectivity index is 1.67. The SMILES string of the molecule is COc1ccc(/C=N/NC(=O)c2[nH]c(=O)c3c(C)nc(-c4ccccc4)cc3c2O)cc1. The molecule has 8 nitrogen and oxygen atoms in total. The molecule has 0 aliphatic rings. The monoisotopic (exact) mass is 428 g/mol. The number of carbonyl (C=O) groups is 1. The Morgan fingerprint density at radius 2 is 1.88 bits per heavy atom. The quantitative estimate of drug-likeness (QED) is 0.333. The molecule has 0 aliphatic carbocycles. The van der Waals surface area contributed by atoms with E-state index in [0.29, 0.717) is 17.1 Å². The molecule has 0 bridgehead atoms. The van der Waals surface area contributed by atoms with Crippen LogP contribution in [0.4, 0.5) is 0 Å². The molecule has 4 aromatic rings. The normalized spacial score (nSPS) is 11.1. The van der Waals surface area contributed by atoms with Gasteiger partial charge in [0, 0.05) is 10.9 Å². The average Bonchev–Trinajstić information content (AvgIpc) is 2.81. The molecular weight excluding hydrogens is 408 g/mol. The van der Waals surface area contributed by atoms with Gasteiger partial charge in [-0.05, 0) is 42.8 Å². The van der Waals surface area contributed by atoms with Crippen LogP contribution in [0.5, 0.6) is 11.5 Å². The number of H-pyrrole nitrogens is 1. The fourth-order valence-corrected chi connectivity index (χ4v) is 3.35. The zero-order valence-corrected chi connectivity index (χ0v) is 17.4. The van der Waals surface area contributed by atoms with Gasteiger partial charge in [0.15, 0.2) is 11.4 Å². The van der Waals surface area contributed by atoms with Crippen LogP contribution in [0.25, 0.3) is 22.0 Å². The highest BCUT2D eigenvalue weighted by molar-refractivity contribution is 6.02. The largest absolute Gasteiger partial charge is 0.505 e. The van der Waals surface area contributed by atoms with E-state index >= 15 is 0 Å². The first-order chi connectivity index (χ1) is 15.5. The summed E-state index contributed by atoms with van der Waals surface area (Å²) in [6.45, 7) is 1.68. The van der Waals surface area contributed by atoms with Crippen LogP contribution in [0.3, 0.4) is 0 Å². The molecule has 0 spiro atoms. The lowest BCUT2D eigenvalue weighted by Crippen LogP contribution is -2.23. The maximum atomic E-state index is 12.6. The van der Waals surface area contributed by atoms with Gasteiger partial charge in [-0.25, -0.2) is 5.43 Å². The van der Waals surface area contributed by atoms with Crippen LogP contribution >= 0.6 is 0 Å². The predicted octanol–water partition coefficient (Wildman–Crippen LogP) is 3.38. The number of nitrogens with one attached hydrogen (secondary N) is 2. The number of pyridine rings is 2. The summed E-state index contributed by atoms with van der Waals surface area (Å²) in [6.07, 6.45) is 1.44. The van der Waals surface area contributed by atoms with E-state index in [-0.39, 0.29) is 22.2 Å². The van der Waals surface area contributed by atoms with E-state index < -0.39 is 11.5 Å². The molecule has 0 saturated heterocycles. The number of aromatic hydroxyl groups is 1. The van der Waals surface area contributed by atoms with Gasteiger partial charge < -0.3 is 14.8 Å². The van der Waals surface area contributed by atoms with Gasteiger partial charge in [-0.2, -0.15) is 5.10 Å². The maximum Gasteiger partial charge on any atom is 0.291 e. The van der Waals surface area contributed by atoms with E-state index in [4.69, 9.17) is 4.74 Å². The highest BCUT2D eigenvalue weighted by atomic mass is 16.5. The lowest BCUT2D eigenvalue weighted by molar-refractivity contribution is 0.0947. The molecule has 0 fully saturated rings. The van der Waals surface area contributed by atoms with Crippen LogP contribution in [-0.2, 0) is 0 Å². The van der Waals surface area contributed by atoms with E-state index in [2.05, 4.69) is 20.5 Å². The standard InChI is InChI=1S/C24H20N4O4/c1-14-20-18(12-19(26-14)16-6-4-3-5-7-16)22(29)21(27-23(20)30)24(31)28-25-13-15-8-10-17(32-2)11-9-15/h3-13,29H,1-2H3,(H,27,30)(H,28,31)/b25-13+. The minimum Gasteiger partial charge on any atom is -0.505 e. The topological polar surface area (TPSA) is 117 Å². The van der Waals surface area contributed by atoms with Gasteiger partial charge in [0.1, 0.15) is 5.75 Å².